The van der Waals surface area contributed by atoms with Crippen LogP contribution in [0.3, 0.4) is 0 Å². The molecule has 1 aromatic heterocycles. The summed E-state index contributed by atoms with van der Waals surface area (Å²) < 4.78 is 0. The Kier molecular flexibility index (Phi) is 6.18. The van der Waals surface area contributed by atoms with Crippen LogP contribution in [-0.2, 0) is 4.79 Å². The Morgan fingerprint density at radius 1 is 1.12 bits per heavy atom. The minimum absolute atomic E-state index is 0. The molecule has 1 heterocycles. The monoisotopic (exact) mass is 411 g/mol. The number of nitrogens with two attached hydrogens (primary N) is 1. The topological polar surface area (TPSA) is 88.0 Å². The van der Waals surface area contributed by atoms with Gasteiger partial charge in [0, 0.05) is 38.6 Å². The van der Waals surface area contributed by atoms with Gasteiger partial charge in [-0.3, -0.25) is 9.59 Å². The molecule has 2 aromatic carbocycles. The number of nitrogens with one attached hydrogen (secondary N) is 2. The fourth-order valence-electron chi connectivity index (χ4n) is 2.56. The Balaban J connectivity index is 0.00000243. The predicted molar refractivity (Wildman–Crippen MR) is 109 cm³/mol. The van der Waals surface area contributed by atoms with Crippen molar-refractivity contribution in [1.29, 1.82) is 0 Å². The van der Waals surface area contributed by atoms with Crippen molar-refractivity contribution < 1.29 is 9.59 Å². The van der Waals surface area contributed by atoms with E-state index in [1.165, 1.54) is 6.07 Å². The number of H-pyrrole nitrogens is 1. The fourth-order valence-corrected chi connectivity index (χ4v) is 2.90. The molecule has 0 radical (unpaired) electrons. The second-order valence-corrected chi connectivity index (χ2v) is 6.40. The van der Waals surface area contributed by atoms with E-state index in [1.807, 2.05) is 0 Å². The van der Waals surface area contributed by atoms with Gasteiger partial charge in [-0.25, -0.2) is 0 Å². The van der Waals surface area contributed by atoms with Crippen LogP contribution in [0.2, 0.25) is 10.0 Å². The van der Waals surface area contributed by atoms with Crippen molar-refractivity contribution in [3.05, 3.63) is 57.7 Å². The maximum atomic E-state index is 13.0. The molecule has 0 fully saturated rings. The number of rotatable bonds is 4. The lowest BCUT2D eigenvalue weighted by Crippen LogP contribution is -2.14. The largest absolute Gasteiger partial charge is 0.398 e. The molecular weight excluding hydrogens is 397 g/mol. The second-order valence-electron chi connectivity index (χ2n) is 5.53. The third-order valence-corrected chi connectivity index (χ3v) is 4.30. The third kappa shape index (κ3) is 3.80. The minimum atomic E-state index is -0.362. The Hall–Kier alpha value is -2.21. The van der Waals surface area contributed by atoms with Crippen LogP contribution in [0.25, 0.3) is 10.9 Å². The summed E-state index contributed by atoms with van der Waals surface area (Å²) in [4.78, 5) is 28.0. The van der Waals surface area contributed by atoms with Crippen molar-refractivity contribution in [1.82, 2.24) is 4.98 Å². The average Bonchev–Trinajstić information content (AvgIpc) is 2.93. The van der Waals surface area contributed by atoms with Gasteiger partial charge in [0.25, 0.3) is 0 Å². The van der Waals surface area contributed by atoms with Gasteiger partial charge in [-0.2, -0.15) is 0 Å². The number of halogens is 3. The lowest BCUT2D eigenvalue weighted by Gasteiger charge is -2.08. The fraction of sp³-hybridized carbons (Fsp3) is 0.111. The molecule has 0 aliphatic carbocycles. The van der Waals surface area contributed by atoms with Gasteiger partial charge in [0.05, 0.1) is 5.69 Å². The predicted octanol–water partition coefficient (Wildman–Crippen LogP) is 5.06. The van der Waals surface area contributed by atoms with Crippen LogP contribution in [-0.4, -0.2) is 16.7 Å². The highest BCUT2D eigenvalue weighted by Crippen LogP contribution is 2.32. The number of carbonyl (C=O) groups excluding carboxylic acids is 2. The molecule has 26 heavy (non-hydrogen) atoms. The summed E-state index contributed by atoms with van der Waals surface area (Å²) in [7, 11) is 0. The molecule has 0 saturated carbocycles. The van der Waals surface area contributed by atoms with Crippen molar-refractivity contribution in [2.75, 3.05) is 11.1 Å². The maximum Gasteiger partial charge on any atom is 0.224 e. The summed E-state index contributed by atoms with van der Waals surface area (Å²) in [5.74, 6) is -0.567. The minimum Gasteiger partial charge on any atom is -0.398 e. The first-order valence-corrected chi connectivity index (χ1v) is 8.37. The molecule has 0 bridgehead atoms. The van der Waals surface area contributed by atoms with Gasteiger partial charge < -0.3 is 16.0 Å². The molecule has 4 N–H and O–H groups in total. The number of amides is 1. The van der Waals surface area contributed by atoms with E-state index in [2.05, 4.69) is 10.3 Å². The molecule has 5 nitrogen and oxygen atoms in total. The van der Waals surface area contributed by atoms with Crippen molar-refractivity contribution >= 4 is 69.6 Å². The normalized spacial score (nSPS) is 10.4. The summed E-state index contributed by atoms with van der Waals surface area (Å²) in [5, 5.41) is 4.39. The van der Waals surface area contributed by atoms with Crippen LogP contribution in [0.1, 0.15) is 29.4 Å². The van der Waals surface area contributed by atoms with Crippen molar-refractivity contribution in [3.8, 4) is 0 Å². The van der Waals surface area contributed by atoms with Gasteiger partial charge in [-0.1, -0.05) is 30.1 Å². The molecule has 0 unspecified atom stereocenters. The lowest BCUT2D eigenvalue weighted by molar-refractivity contribution is -0.115. The Morgan fingerprint density at radius 2 is 1.77 bits per heavy atom. The third-order valence-electron chi connectivity index (χ3n) is 3.83. The molecule has 3 rings (SSSR count). The van der Waals surface area contributed by atoms with Crippen LogP contribution in [0.15, 0.2) is 36.4 Å². The summed E-state index contributed by atoms with van der Waals surface area (Å²) in [5.41, 5.74) is 7.76. The number of hydrogen-bond donors (Lipinski definition) is 3. The van der Waals surface area contributed by atoms with E-state index >= 15 is 0 Å². The number of benzene rings is 2. The Bertz CT molecular complexity index is 999. The highest BCUT2D eigenvalue weighted by molar-refractivity contribution is 6.32. The highest BCUT2D eigenvalue weighted by atomic mass is 35.5. The van der Waals surface area contributed by atoms with Crippen LogP contribution >= 0.6 is 35.6 Å². The summed E-state index contributed by atoms with van der Waals surface area (Å²) in [6.45, 7) is 1.73. The number of aromatic nitrogens is 1. The number of aromatic amines is 1. The first-order valence-electron chi connectivity index (χ1n) is 7.61. The summed E-state index contributed by atoms with van der Waals surface area (Å²) >= 11 is 12.0. The molecule has 0 aliphatic rings. The molecule has 8 heteroatoms. The van der Waals surface area contributed by atoms with Crippen molar-refractivity contribution in [2.45, 2.75) is 13.3 Å². The van der Waals surface area contributed by atoms with Gasteiger partial charge >= 0.3 is 0 Å². The number of fused-ring (bicyclic) bond motifs is 1. The van der Waals surface area contributed by atoms with Crippen LogP contribution < -0.4 is 11.1 Å². The van der Waals surface area contributed by atoms with Gasteiger partial charge in [0.2, 0.25) is 11.7 Å². The molecule has 1 amide bonds. The van der Waals surface area contributed by atoms with E-state index in [0.29, 0.717) is 32.3 Å². The van der Waals surface area contributed by atoms with E-state index in [0.717, 1.165) is 0 Å². The summed E-state index contributed by atoms with van der Waals surface area (Å²) in [6, 6.07) is 9.82. The zero-order valence-corrected chi connectivity index (χ0v) is 16.1. The first-order chi connectivity index (χ1) is 11.9. The second kappa shape index (κ2) is 7.99. The number of nitrogen functional groups attached to an aromatic ring is 1. The maximum absolute atomic E-state index is 13.0. The Morgan fingerprint density at radius 3 is 2.46 bits per heavy atom. The van der Waals surface area contributed by atoms with E-state index in [4.69, 9.17) is 28.9 Å². The van der Waals surface area contributed by atoms with Crippen LogP contribution in [0.5, 0.6) is 0 Å². The molecule has 0 spiro atoms. The van der Waals surface area contributed by atoms with Gasteiger partial charge in [0.1, 0.15) is 5.69 Å². The molecular formula is C18H16Cl3N3O2. The van der Waals surface area contributed by atoms with Gasteiger partial charge in [-0.15, -0.1) is 12.4 Å². The molecule has 136 valence electrons. The molecule has 3 aromatic rings. The number of hydrogen-bond acceptors (Lipinski definition) is 3. The Labute approximate surface area is 166 Å². The van der Waals surface area contributed by atoms with Crippen molar-refractivity contribution in [3.63, 3.8) is 0 Å². The number of ketones is 1. The van der Waals surface area contributed by atoms with Gasteiger partial charge in [-0.05, 0) is 36.4 Å². The number of anilines is 2. The van der Waals surface area contributed by atoms with Crippen molar-refractivity contribution in [2.24, 2.45) is 0 Å². The average molecular weight is 413 g/mol. The van der Waals surface area contributed by atoms with E-state index in [9.17, 15) is 9.59 Å². The molecule has 0 atom stereocenters. The molecule has 0 saturated heterocycles. The first kappa shape index (κ1) is 20.1. The standard InChI is InChI=1S/C18H15Cl2N3O2.ClH/c1-2-15(24)23-16-11-5-3-10(20)8-14(11)22-17(16)18(25)12-7-9(19)4-6-13(12)21;/h3-8,22H,2,21H2,1H3,(H,23,24);1H. The van der Waals surface area contributed by atoms with E-state index in [1.54, 1.807) is 37.3 Å². The zero-order valence-electron chi connectivity index (χ0n) is 13.7. The SMILES string of the molecule is CCC(=O)Nc1c(C(=O)c2cc(Cl)ccc2N)[nH]c2cc(Cl)ccc12.Cl. The highest BCUT2D eigenvalue weighted by Gasteiger charge is 2.22. The van der Waals surface area contributed by atoms with Gasteiger partial charge in [0.15, 0.2) is 0 Å². The molecule has 0 aliphatic heterocycles. The van der Waals surface area contributed by atoms with E-state index in [-0.39, 0.29) is 41.8 Å². The summed E-state index contributed by atoms with van der Waals surface area (Å²) in [6.07, 6.45) is 0.285. The van der Waals surface area contributed by atoms with Crippen LogP contribution in [0.4, 0.5) is 11.4 Å². The number of carbonyl (C=O) groups is 2. The smallest absolute Gasteiger partial charge is 0.224 e. The zero-order chi connectivity index (χ0) is 18.1. The lowest BCUT2D eigenvalue weighted by atomic mass is 10.0. The van der Waals surface area contributed by atoms with E-state index < -0.39 is 0 Å². The van der Waals surface area contributed by atoms with Crippen LogP contribution in [0, 0.1) is 0 Å². The quantitative estimate of drug-likeness (QED) is 0.413.